The zero-order valence-electron chi connectivity index (χ0n) is 14.8. The van der Waals surface area contributed by atoms with Gasteiger partial charge in [-0.1, -0.05) is 6.07 Å². The van der Waals surface area contributed by atoms with Crippen LogP contribution in [-0.4, -0.2) is 46.4 Å². The Morgan fingerprint density at radius 2 is 1.65 bits per heavy atom. The van der Waals surface area contributed by atoms with Gasteiger partial charge < -0.3 is 14.2 Å². The Balaban J connectivity index is 1.94. The van der Waals surface area contributed by atoms with Gasteiger partial charge in [-0.15, -0.1) is 11.8 Å². The fraction of sp³-hybridized carbons (Fsp3) is 0.333. The fourth-order valence-corrected chi connectivity index (χ4v) is 6.08. The van der Waals surface area contributed by atoms with Crippen molar-refractivity contribution < 1.29 is 22.6 Å². The third-order valence-electron chi connectivity index (χ3n) is 4.21. The average Bonchev–Trinajstić information content (AvgIpc) is 3.18. The number of nitrogens with zero attached hydrogens (tertiary/aromatic N) is 1. The van der Waals surface area contributed by atoms with Gasteiger partial charge in [0.2, 0.25) is 10.0 Å². The Bertz CT molecular complexity index is 868. The molecule has 0 saturated carbocycles. The van der Waals surface area contributed by atoms with Crippen LogP contribution in [0.2, 0.25) is 0 Å². The van der Waals surface area contributed by atoms with Crippen molar-refractivity contribution in [3.8, 4) is 17.2 Å². The molecule has 0 aliphatic carbocycles. The van der Waals surface area contributed by atoms with Crippen LogP contribution in [0.4, 0.5) is 0 Å². The molecule has 1 heterocycles. The summed E-state index contributed by atoms with van der Waals surface area (Å²) in [5.74, 6) is 2.55. The molecule has 1 saturated heterocycles. The van der Waals surface area contributed by atoms with Gasteiger partial charge in [-0.25, -0.2) is 8.42 Å². The molecule has 0 spiro atoms. The van der Waals surface area contributed by atoms with Gasteiger partial charge in [0.05, 0.1) is 31.6 Å². The molecule has 3 rings (SSSR count). The highest BCUT2D eigenvalue weighted by Gasteiger charge is 2.37. The molecule has 0 N–H and O–H groups in total. The van der Waals surface area contributed by atoms with Crippen molar-refractivity contribution in [2.45, 2.75) is 10.3 Å². The first-order valence-corrected chi connectivity index (χ1v) is 10.5. The Labute approximate surface area is 158 Å². The van der Waals surface area contributed by atoms with Gasteiger partial charge in [-0.3, -0.25) is 0 Å². The summed E-state index contributed by atoms with van der Waals surface area (Å²) in [7, 11) is 1.07. The standard InChI is InChI=1S/C18H21NO5S2/c1-22-14-5-7-15(8-6-14)26(20,21)19-10-11-25-18(19)13-4-9-16(23-2)17(12-13)24-3/h4-9,12,18H,10-11H2,1-3H3/t18-/m1/s1. The van der Waals surface area contributed by atoms with Crippen LogP contribution in [-0.2, 0) is 10.0 Å². The first-order valence-electron chi connectivity index (χ1n) is 8.00. The largest absolute Gasteiger partial charge is 0.497 e. The van der Waals surface area contributed by atoms with Gasteiger partial charge in [0.25, 0.3) is 0 Å². The maximum Gasteiger partial charge on any atom is 0.244 e. The number of hydrogen-bond acceptors (Lipinski definition) is 6. The Kier molecular flexibility index (Phi) is 5.64. The maximum absolute atomic E-state index is 13.1. The molecule has 0 amide bonds. The quantitative estimate of drug-likeness (QED) is 0.749. The molecule has 0 bridgehead atoms. The molecule has 2 aromatic carbocycles. The normalized spacial score (nSPS) is 17.9. The minimum absolute atomic E-state index is 0.256. The summed E-state index contributed by atoms with van der Waals surface area (Å²) in [6.45, 7) is 0.456. The Morgan fingerprint density at radius 3 is 2.27 bits per heavy atom. The van der Waals surface area contributed by atoms with E-state index < -0.39 is 10.0 Å². The molecule has 1 aliphatic rings. The molecule has 0 aromatic heterocycles. The third-order valence-corrected chi connectivity index (χ3v) is 7.48. The van der Waals surface area contributed by atoms with Crippen molar-refractivity contribution in [3.05, 3.63) is 48.0 Å². The molecule has 140 valence electrons. The van der Waals surface area contributed by atoms with E-state index in [-0.39, 0.29) is 10.3 Å². The molecule has 0 unspecified atom stereocenters. The highest BCUT2D eigenvalue weighted by atomic mass is 32.2. The van der Waals surface area contributed by atoms with Crippen LogP contribution in [0.1, 0.15) is 10.9 Å². The minimum atomic E-state index is -3.61. The fourth-order valence-electron chi connectivity index (χ4n) is 2.85. The van der Waals surface area contributed by atoms with E-state index in [1.807, 2.05) is 12.1 Å². The summed E-state index contributed by atoms with van der Waals surface area (Å²) in [5.41, 5.74) is 0.863. The van der Waals surface area contributed by atoms with Gasteiger partial charge in [-0.05, 0) is 42.0 Å². The topological polar surface area (TPSA) is 65.1 Å². The second-order valence-corrected chi connectivity index (χ2v) is 8.71. The van der Waals surface area contributed by atoms with Crippen molar-refractivity contribution >= 4 is 21.8 Å². The first kappa shape index (κ1) is 18.9. The number of hydrogen-bond donors (Lipinski definition) is 0. The van der Waals surface area contributed by atoms with Crippen molar-refractivity contribution in [2.75, 3.05) is 33.6 Å². The second kappa shape index (κ2) is 7.77. The van der Waals surface area contributed by atoms with Crippen LogP contribution in [0.3, 0.4) is 0 Å². The zero-order valence-corrected chi connectivity index (χ0v) is 16.5. The lowest BCUT2D eigenvalue weighted by Gasteiger charge is -2.24. The van der Waals surface area contributed by atoms with E-state index >= 15 is 0 Å². The summed E-state index contributed by atoms with van der Waals surface area (Å²) in [5, 5.41) is -0.304. The van der Waals surface area contributed by atoms with E-state index in [0.717, 1.165) is 11.3 Å². The SMILES string of the molecule is COc1ccc(S(=O)(=O)N2CCS[C@@H]2c2ccc(OC)c(OC)c2)cc1. The van der Waals surface area contributed by atoms with Crippen molar-refractivity contribution in [1.29, 1.82) is 0 Å². The van der Waals surface area contributed by atoms with Crippen LogP contribution in [0, 0.1) is 0 Å². The molecule has 26 heavy (non-hydrogen) atoms. The number of rotatable bonds is 6. The summed E-state index contributed by atoms with van der Waals surface area (Å²) < 4.78 is 43.5. The van der Waals surface area contributed by atoms with Gasteiger partial charge in [0.15, 0.2) is 11.5 Å². The lowest BCUT2D eigenvalue weighted by molar-refractivity contribution is 0.353. The zero-order chi connectivity index (χ0) is 18.7. The monoisotopic (exact) mass is 395 g/mol. The molecule has 1 atom stereocenters. The Morgan fingerprint density at radius 1 is 0.962 bits per heavy atom. The minimum Gasteiger partial charge on any atom is -0.497 e. The average molecular weight is 396 g/mol. The molecular formula is C18H21NO5S2. The second-order valence-electron chi connectivity index (χ2n) is 5.63. The van der Waals surface area contributed by atoms with E-state index in [2.05, 4.69) is 0 Å². The molecule has 0 radical (unpaired) electrons. The number of sulfonamides is 1. The van der Waals surface area contributed by atoms with Gasteiger partial charge in [0, 0.05) is 12.3 Å². The summed E-state index contributed by atoms with van der Waals surface area (Å²) >= 11 is 1.59. The van der Waals surface area contributed by atoms with E-state index in [1.165, 1.54) is 4.31 Å². The Hall–Kier alpha value is -1.90. The van der Waals surface area contributed by atoms with Crippen LogP contribution < -0.4 is 14.2 Å². The van der Waals surface area contributed by atoms with Crippen LogP contribution in [0.15, 0.2) is 47.4 Å². The summed E-state index contributed by atoms with van der Waals surface area (Å²) in [6.07, 6.45) is 0. The van der Waals surface area contributed by atoms with E-state index in [1.54, 1.807) is 63.4 Å². The highest BCUT2D eigenvalue weighted by molar-refractivity contribution is 8.01. The molecule has 6 nitrogen and oxygen atoms in total. The smallest absolute Gasteiger partial charge is 0.244 e. The van der Waals surface area contributed by atoms with Crippen molar-refractivity contribution in [3.63, 3.8) is 0 Å². The summed E-state index contributed by atoms with van der Waals surface area (Å²) in [4.78, 5) is 0.256. The maximum atomic E-state index is 13.1. The molecule has 1 fully saturated rings. The molecular weight excluding hydrogens is 374 g/mol. The lowest BCUT2D eigenvalue weighted by atomic mass is 10.2. The van der Waals surface area contributed by atoms with E-state index in [9.17, 15) is 8.42 Å². The van der Waals surface area contributed by atoms with Crippen LogP contribution in [0.5, 0.6) is 17.2 Å². The van der Waals surface area contributed by atoms with Crippen molar-refractivity contribution in [2.24, 2.45) is 0 Å². The third kappa shape index (κ3) is 3.49. The molecule has 1 aliphatic heterocycles. The van der Waals surface area contributed by atoms with Gasteiger partial charge >= 0.3 is 0 Å². The van der Waals surface area contributed by atoms with Crippen LogP contribution >= 0.6 is 11.8 Å². The number of ether oxygens (including phenoxy) is 3. The number of thioether (sulfide) groups is 1. The lowest BCUT2D eigenvalue weighted by Crippen LogP contribution is -2.30. The predicted octanol–water partition coefficient (Wildman–Crippen LogP) is 3.15. The summed E-state index contributed by atoms with van der Waals surface area (Å²) in [6, 6.07) is 12.0. The van der Waals surface area contributed by atoms with E-state index in [0.29, 0.717) is 23.8 Å². The van der Waals surface area contributed by atoms with E-state index in [4.69, 9.17) is 14.2 Å². The molecule has 2 aromatic rings. The first-order chi connectivity index (χ1) is 12.5. The molecule has 8 heteroatoms. The highest BCUT2D eigenvalue weighted by Crippen LogP contribution is 2.43. The van der Waals surface area contributed by atoms with Crippen LogP contribution in [0.25, 0.3) is 0 Å². The van der Waals surface area contributed by atoms with Gasteiger partial charge in [-0.2, -0.15) is 4.31 Å². The predicted molar refractivity (Wildman–Crippen MR) is 102 cm³/mol. The van der Waals surface area contributed by atoms with Gasteiger partial charge in [0.1, 0.15) is 5.75 Å². The number of methoxy groups -OCH3 is 3. The number of benzene rings is 2. The van der Waals surface area contributed by atoms with Crippen molar-refractivity contribution in [1.82, 2.24) is 4.31 Å².